The van der Waals surface area contributed by atoms with Crippen molar-refractivity contribution in [1.82, 2.24) is 4.98 Å². The van der Waals surface area contributed by atoms with E-state index < -0.39 is 11.9 Å². The first-order chi connectivity index (χ1) is 13.0. The number of benzene rings is 1. The van der Waals surface area contributed by atoms with Crippen LogP contribution in [0.3, 0.4) is 0 Å². The van der Waals surface area contributed by atoms with Gasteiger partial charge >= 0.3 is 28.4 Å². The van der Waals surface area contributed by atoms with Crippen LogP contribution in [-0.2, 0) is 26.1 Å². The number of carbonyl (C=O) groups is 2. The summed E-state index contributed by atoms with van der Waals surface area (Å²) < 4.78 is 0. The van der Waals surface area contributed by atoms with Gasteiger partial charge in [-0.2, -0.15) is 0 Å². The Morgan fingerprint density at radius 2 is 1.66 bits per heavy atom. The van der Waals surface area contributed by atoms with Gasteiger partial charge in [0.05, 0.1) is 24.4 Å². The van der Waals surface area contributed by atoms with Crippen molar-refractivity contribution in [2.24, 2.45) is 5.10 Å². The Morgan fingerprint density at radius 3 is 2.14 bits per heavy atom. The molecule has 0 fully saturated rings. The number of hydrogen-bond donors (Lipinski definition) is 1. The minimum Gasteiger partial charge on any atom is -0.565 e. The molecule has 9 nitrogen and oxygen atoms in total. The molecule has 0 bridgehead atoms. The fourth-order valence-corrected chi connectivity index (χ4v) is 1.90. The molecule has 158 valence electrons. The number of phenols is 1. The van der Waals surface area contributed by atoms with E-state index in [4.69, 9.17) is 43.0 Å². The van der Waals surface area contributed by atoms with Gasteiger partial charge in [-0.15, -0.1) is 0 Å². The Morgan fingerprint density at radius 1 is 1.17 bits per heavy atom. The van der Waals surface area contributed by atoms with Gasteiger partial charge in [-0.3, -0.25) is 9.78 Å². The minimum absolute atomic E-state index is 0. The Balaban J connectivity index is 0. The Bertz CT molecular complexity index is 831. The zero-order chi connectivity index (χ0) is 21.7. The van der Waals surface area contributed by atoms with Crippen LogP contribution in [0, 0.1) is 0 Å². The summed E-state index contributed by atoms with van der Waals surface area (Å²) in [7, 11) is 0. The maximum absolute atomic E-state index is 9.70. The van der Waals surface area contributed by atoms with E-state index in [0.29, 0.717) is 16.1 Å². The van der Waals surface area contributed by atoms with Crippen LogP contribution in [0.15, 0.2) is 41.8 Å². The van der Waals surface area contributed by atoms with Gasteiger partial charge in [0.1, 0.15) is 5.75 Å². The Labute approximate surface area is 186 Å². The van der Waals surface area contributed by atoms with Gasteiger partial charge in [0.2, 0.25) is 0 Å². The standard InChI is InChI=1S/C13H9Cl2N3O2.2C2H4O2.Ni/c14-10-5-9(12(19)11(15)6-10)7-17-18-13(20)8-1-3-16-4-2-8;2*1-2(3)4;/h1-7H,(H2,16,17,18,19,20);2*1H3,(H,3,4);/q;;;+2/p+2. The van der Waals surface area contributed by atoms with Gasteiger partial charge < -0.3 is 25.8 Å². The minimum atomic E-state index is -0.583. The Kier molecular flexibility index (Phi) is 15.0. The molecule has 1 aromatic heterocycles. The van der Waals surface area contributed by atoms with E-state index in [0.717, 1.165) is 0 Å². The van der Waals surface area contributed by atoms with Crippen LogP contribution in [-0.4, -0.2) is 49.2 Å². The summed E-state index contributed by atoms with van der Waals surface area (Å²) in [6.45, 7) is 2.39. The van der Waals surface area contributed by atoms with Crippen molar-refractivity contribution in [3.05, 3.63) is 63.3 Å². The van der Waals surface area contributed by atoms with E-state index >= 15 is 0 Å². The summed E-state index contributed by atoms with van der Waals surface area (Å²) in [6, 6.07) is 6.06. The molecule has 12 heteroatoms. The van der Waals surface area contributed by atoms with Crippen LogP contribution >= 0.6 is 23.2 Å². The smallest absolute Gasteiger partial charge is 0.565 e. The van der Waals surface area contributed by atoms with Gasteiger partial charge in [-0.05, 0) is 24.3 Å². The first-order valence-electron chi connectivity index (χ1n) is 7.37. The third kappa shape index (κ3) is 14.0. The number of hydrogen-bond acceptors (Lipinski definition) is 5. The molecule has 0 spiro atoms. The number of aromatic nitrogens is 1. The van der Waals surface area contributed by atoms with Gasteiger partial charge in [-0.1, -0.05) is 23.2 Å². The van der Waals surface area contributed by atoms with E-state index in [1.165, 1.54) is 44.6 Å². The summed E-state index contributed by atoms with van der Waals surface area (Å²) >= 11 is 11.6. The summed E-state index contributed by atoms with van der Waals surface area (Å²) in [6.07, 6.45) is 4.28. The van der Waals surface area contributed by atoms with Crippen LogP contribution in [0.4, 0.5) is 0 Å². The first kappa shape index (κ1) is 28.5. The molecule has 0 saturated carbocycles. The third-order valence-corrected chi connectivity index (χ3v) is 2.85. The number of pyridine rings is 1. The van der Waals surface area contributed by atoms with Crippen LogP contribution in [0.1, 0.15) is 25.0 Å². The van der Waals surface area contributed by atoms with E-state index in [1.54, 1.807) is 12.1 Å². The van der Waals surface area contributed by atoms with Crippen molar-refractivity contribution in [2.75, 3.05) is 0 Å². The molecule has 1 aromatic carbocycles. The van der Waals surface area contributed by atoms with Crippen LogP contribution in [0.2, 0.25) is 10.0 Å². The second-order valence-electron chi connectivity index (χ2n) is 4.84. The third-order valence-electron chi connectivity index (χ3n) is 2.35. The molecule has 0 unspecified atom stereocenters. The number of amides is 1. The Hall–Kier alpha value is -2.68. The van der Waals surface area contributed by atoms with Crippen molar-refractivity contribution >= 4 is 47.3 Å². The topological polar surface area (TPSA) is 161 Å². The van der Waals surface area contributed by atoms with Gasteiger partial charge in [0.25, 0.3) is 5.91 Å². The van der Waals surface area contributed by atoms with Crippen molar-refractivity contribution in [3.63, 3.8) is 0 Å². The fourth-order valence-electron chi connectivity index (χ4n) is 1.39. The van der Waals surface area contributed by atoms with Gasteiger partial charge in [-0.25, -0.2) is 0 Å². The molecule has 0 atom stereocenters. The molecule has 1 heterocycles. The average Bonchev–Trinajstić information content (AvgIpc) is 2.58. The fraction of sp³-hybridized carbons (Fsp3) is 0.118. The van der Waals surface area contributed by atoms with Crippen molar-refractivity contribution < 1.29 is 46.2 Å². The second kappa shape index (κ2) is 15.3. The van der Waals surface area contributed by atoms with Crippen molar-refractivity contribution in [3.8, 4) is 5.75 Å². The molecule has 2 rings (SSSR count). The predicted octanol–water partition coefficient (Wildman–Crippen LogP) is 1.86. The molecule has 29 heavy (non-hydrogen) atoms. The van der Waals surface area contributed by atoms with E-state index in [-0.39, 0.29) is 33.2 Å². The van der Waals surface area contributed by atoms with Gasteiger partial charge in [0.15, 0.2) is 0 Å². The maximum Gasteiger partial charge on any atom is 2.00 e. The number of aromatic hydroxyl groups is 1. The predicted molar refractivity (Wildman–Crippen MR) is 108 cm³/mol. The number of rotatable bonds is 3. The summed E-state index contributed by atoms with van der Waals surface area (Å²) in [5, 5.41) is 25.7. The molecular formula is C17H19Cl2N3NiO6+4. The summed E-state index contributed by atoms with van der Waals surface area (Å²) in [5.74, 6) is -1.59. The summed E-state index contributed by atoms with van der Waals surface area (Å²) in [5.41, 5.74) is 4.38. The second-order valence-corrected chi connectivity index (χ2v) is 5.69. The number of carbonyl (C=O) groups excluding carboxylic acids is 3. The molecule has 6 N–H and O–H groups in total. The maximum atomic E-state index is 9.70. The molecule has 2 aromatic rings. The molecule has 0 aliphatic rings. The van der Waals surface area contributed by atoms with Gasteiger partial charge in [0, 0.05) is 38.8 Å². The number of phenolic OH excluding ortho intramolecular Hbond substituents is 1. The average molecular weight is 491 g/mol. The van der Waals surface area contributed by atoms with E-state index in [2.05, 4.69) is 15.5 Å². The molecule has 0 radical (unpaired) electrons. The van der Waals surface area contributed by atoms with Crippen molar-refractivity contribution in [2.45, 2.75) is 13.8 Å². The normalized spacial score (nSPS) is 9.10. The molecule has 0 saturated heterocycles. The van der Waals surface area contributed by atoms with Crippen LogP contribution in [0.25, 0.3) is 5.43 Å². The molecule has 0 aliphatic heterocycles. The monoisotopic (exact) mass is 489 g/mol. The zero-order valence-corrected chi connectivity index (χ0v) is 17.7. The quantitative estimate of drug-likeness (QED) is 0.301. The summed E-state index contributed by atoms with van der Waals surface area (Å²) in [4.78, 5) is 31.7. The first-order valence-corrected chi connectivity index (χ1v) is 8.12. The van der Waals surface area contributed by atoms with Crippen LogP contribution in [0.5, 0.6) is 5.75 Å². The number of halogens is 2. The molecule has 1 amide bonds. The SMILES string of the molecule is CC(=O)[OH2+].CC(=O)[OH2+].Oc1c(Cl)cc(Cl)cc1C=N[N-]C(=[OH+])c1ccncc1.[Ni+2]. The van der Waals surface area contributed by atoms with E-state index in [9.17, 15) is 9.90 Å². The zero-order valence-electron chi connectivity index (χ0n) is 15.2. The number of nitrogens with zero attached hydrogens (tertiary/aromatic N) is 3. The van der Waals surface area contributed by atoms with Crippen LogP contribution < -0.4 is 0 Å². The molecule has 0 aliphatic carbocycles. The van der Waals surface area contributed by atoms with Crippen molar-refractivity contribution in [1.29, 1.82) is 0 Å². The largest absolute Gasteiger partial charge is 2.00 e. The van der Waals surface area contributed by atoms with E-state index in [1.807, 2.05) is 0 Å². The molecular weight excluding hydrogens is 472 g/mol.